The minimum atomic E-state index is -3.88. The standard InChI is InChI=1S/C23H24N4O5.C16H26N2O4S/c1-12-13-7-8-16(15(13)6-5-14(12)22(31)32-23(2,3)4)26-20(28)18-11-17(21(29)30)25-19-9-10-24-27(18)19;1-11(2)14(15(19)22-16(3,4)5)18-23(20,21)13-9-7-6-8-12(13)10-17/h5-6,9-11,16H,7-8H2,1-4H3,(H,26,28)(H,29,30);6-9,11,14,18H,10,17H2,1-5H3/t16-;14-/m01/s1. The van der Waals surface area contributed by atoms with Gasteiger partial charge in [0.2, 0.25) is 10.0 Å². The van der Waals surface area contributed by atoms with E-state index >= 15 is 0 Å². The summed E-state index contributed by atoms with van der Waals surface area (Å²) >= 11 is 0. The Morgan fingerprint density at radius 2 is 1.65 bits per heavy atom. The maximum Gasteiger partial charge on any atom is 0.354 e. The number of rotatable bonds is 10. The van der Waals surface area contributed by atoms with E-state index in [2.05, 4.69) is 20.1 Å². The minimum Gasteiger partial charge on any atom is -0.477 e. The van der Waals surface area contributed by atoms with E-state index in [1.54, 1.807) is 58.9 Å². The van der Waals surface area contributed by atoms with E-state index in [9.17, 15) is 32.7 Å². The molecule has 2 aromatic heterocycles. The molecule has 2 heterocycles. The van der Waals surface area contributed by atoms with E-state index in [-0.39, 0.29) is 46.4 Å². The zero-order chi connectivity index (χ0) is 41.0. The molecule has 0 radical (unpaired) electrons. The summed E-state index contributed by atoms with van der Waals surface area (Å²) in [5.41, 5.74) is 8.27. The smallest absolute Gasteiger partial charge is 0.354 e. The number of carboxylic acids is 1. The number of nitrogens with one attached hydrogen (secondary N) is 2. The predicted molar refractivity (Wildman–Crippen MR) is 204 cm³/mol. The average molecular weight is 779 g/mol. The summed E-state index contributed by atoms with van der Waals surface area (Å²) in [6.07, 6.45) is 2.83. The van der Waals surface area contributed by atoms with Crippen LogP contribution < -0.4 is 15.8 Å². The van der Waals surface area contributed by atoms with Gasteiger partial charge in [-0.05, 0) is 102 Å². The highest BCUT2D eigenvalue weighted by Crippen LogP contribution is 2.35. The van der Waals surface area contributed by atoms with Crippen LogP contribution in [0.3, 0.4) is 0 Å². The minimum absolute atomic E-state index is 0.0803. The van der Waals surface area contributed by atoms with Gasteiger partial charge in [-0.3, -0.25) is 9.59 Å². The number of aromatic carboxylic acids is 1. The van der Waals surface area contributed by atoms with Crippen LogP contribution in [-0.2, 0) is 37.3 Å². The molecule has 4 aromatic rings. The van der Waals surface area contributed by atoms with Crippen molar-refractivity contribution in [3.63, 3.8) is 0 Å². The number of nitrogens with zero attached hydrogens (tertiary/aromatic N) is 3. The number of benzene rings is 2. The van der Waals surface area contributed by atoms with Gasteiger partial charge in [-0.15, -0.1) is 0 Å². The van der Waals surface area contributed by atoms with Crippen LogP contribution in [0.5, 0.6) is 0 Å². The first-order valence-electron chi connectivity index (χ1n) is 17.8. The quantitative estimate of drug-likeness (QED) is 0.158. The Labute approximate surface area is 321 Å². The number of carboxylic acid groups (broad SMARTS) is 1. The number of fused-ring (bicyclic) bond motifs is 2. The van der Waals surface area contributed by atoms with Gasteiger partial charge in [-0.25, -0.2) is 27.5 Å². The Morgan fingerprint density at radius 1 is 1.00 bits per heavy atom. The Bertz CT molecular complexity index is 2200. The molecule has 0 saturated carbocycles. The number of aromatic nitrogens is 3. The van der Waals surface area contributed by atoms with Crippen molar-refractivity contribution in [3.8, 4) is 0 Å². The van der Waals surface area contributed by atoms with Crippen LogP contribution >= 0.6 is 0 Å². The highest BCUT2D eigenvalue weighted by atomic mass is 32.2. The maximum atomic E-state index is 13.0. The molecule has 15 nitrogen and oxygen atoms in total. The Hall–Kier alpha value is -5.19. The maximum absolute atomic E-state index is 13.0. The normalized spacial score (nSPS) is 14.8. The lowest BCUT2D eigenvalue weighted by Crippen LogP contribution is -2.47. The van der Waals surface area contributed by atoms with Crippen LogP contribution in [0.4, 0.5) is 0 Å². The summed E-state index contributed by atoms with van der Waals surface area (Å²) in [6.45, 7) is 16.2. The molecule has 1 amide bonds. The van der Waals surface area contributed by atoms with Crippen molar-refractivity contribution < 1.29 is 42.2 Å². The summed E-state index contributed by atoms with van der Waals surface area (Å²) in [5.74, 6) is -2.90. The van der Waals surface area contributed by atoms with Gasteiger partial charge in [0, 0.05) is 18.7 Å². The molecule has 0 fully saturated rings. The fourth-order valence-corrected chi connectivity index (χ4v) is 7.57. The number of carbonyl (C=O) groups excluding carboxylic acids is 3. The van der Waals surface area contributed by atoms with Gasteiger partial charge in [0.15, 0.2) is 11.3 Å². The molecule has 5 rings (SSSR count). The van der Waals surface area contributed by atoms with E-state index in [4.69, 9.17) is 15.2 Å². The highest BCUT2D eigenvalue weighted by Gasteiger charge is 2.33. The third kappa shape index (κ3) is 10.5. The first-order valence-corrected chi connectivity index (χ1v) is 19.3. The van der Waals surface area contributed by atoms with Crippen molar-refractivity contribution in [1.29, 1.82) is 0 Å². The average Bonchev–Trinajstić information content (AvgIpc) is 3.73. The lowest BCUT2D eigenvalue weighted by molar-refractivity contribution is -0.158. The second-order valence-corrected chi connectivity index (χ2v) is 17.2. The number of hydrogen-bond acceptors (Lipinski definition) is 11. The van der Waals surface area contributed by atoms with Crippen LogP contribution in [0.15, 0.2) is 59.6 Å². The molecule has 5 N–H and O–H groups in total. The van der Waals surface area contributed by atoms with Gasteiger partial charge in [-0.2, -0.15) is 9.82 Å². The van der Waals surface area contributed by atoms with Gasteiger partial charge in [0.25, 0.3) is 5.91 Å². The first-order chi connectivity index (χ1) is 25.5. The molecular formula is C39H50N6O9S. The lowest BCUT2D eigenvalue weighted by atomic mass is 9.97. The third-order valence-electron chi connectivity index (χ3n) is 8.52. The molecule has 16 heteroatoms. The second kappa shape index (κ2) is 16.7. The monoisotopic (exact) mass is 778 g/mol. The van der Waals surface area contributed by atoms with Crippen molar-refractivity contribution >= 4 is 39.5 Å². The van der Waals surface area contributed by atoms with Crippen molar-refractivity contribution in [2.75, 3.05) is 0 Å². The molecule has 0 spiro atoms. The number of ether oxygens (including phenoxy) is 2. The van der Waals surface area contributed by atoms with E-state index in [0.29, 0.717) is 24.0 Å². The fraction of sp³-hybridized carbons (Fsp3) is 0.436. The van der Waals surface area contributed by atoms with Gasteiger partial charge in [0.1, 0.15) is 22.9 Å². The topological polar surface area (TPSA) is 221 Å². The molecule has 0 bridgehead atoms. The van der Waals surface area contributed by atoms with E-state index in [1.807, 2.05) is 33.8 Å². The van der Waals surface area contributed by atoms with Crippen LogP contribution in [0.25, 0.3) is 5.65 Å². The van der Waals surface area contributed by atoms with Crippen LogP contribution in [0.2, 0.25) is 0 Å². The largest absolute Gasteiger partial charge is 0.477 e. The molecule has 0 saturated heterocycles. The van der Waals surface area contributed by atoms with Crippen molar-refractivity contribution in [2.45, 2.75) is 110 Å². The lowest BCUT2D eigenvalue weighted by Gasteiger charge is -2.26. The molecule has 55 heavy (non-hydrogen) atoms. The van der Waals surface area contributed by atoms with Crippen LogP contribution in [0, 0.1) is 12.8 Å². The zero-order valence-corrected chi connectivity index (χ0v) is 33.4. The van der Waals surface area contributed by atoms with Crippen molar-refractivity contribution in [3.05, 3.63) is 93.9 Å². The number of carbonyl (C=O) groups is 4. The molecule has 296 valence electrons. The highest BCUT2D eigenvalue weighted by molar-refractivity contribution is 7.89. The van der Waals surface area contributed by atoms with Gasteiger partial charge in [0.05, 0.1) is 22.7 Å². The Morgan fingerprint density at radius 3 is 2.25 bits per heavy atom. The summed E-state index contributed by atoms with van der Waals surface area (Å²) in [6, 6.07) is 11.5. The number of esters is 2. The summed E-state index contributed by atoms with van der Waals surface area (Å²) in [4.78, 5) is 53.4. The van der Waals surface area contributed by atoms with Crippen molar-refractivity contribution in [1.82, 2.24) is 24.6 Å². The van der Waals surface area contributed by atoms with Crippen molar-refractivity contribution in [2.24, 2.45) is 11.7 Å². The van der Waals surface area contributed by atoms with E-state index in [1.165, 1.54) is 28.9 Å². The molecular weight excluding hydrogens is 729 g/mol. The molecule has 0 aliphatic heterocycles. The molecule has 1 aliphatic carbocycles. The molecule has 2 atom stereocenters. The van der Waals surface area contributed by atoms with Crippen LogP contribution in [0.1, 0.15) is 121 Å². The molecule has 2 aromatic carbocycles. The van der Waals surface area contributed by atoms with E-state index < -0.39 is 45.1 Å². The predicted octanol–water partition coefficient (Wildman–Crippen LogP) is 4.90. The molecule has 1 aliphatic rings. The zero-order valence-electron chi connectivity index (χ0n) is 32.6. The van der Waals surface area contributed by atoms with Gasteiger partial charge >= 0.3 is 17.9 Å². The summed E-state index contributed by atoms with van der Waals surface area (Å²) in [5, 5.41) is 16.4. The second-order valence-electron chi connectivity index (χ2n) is 15.5. The summed E-state index contributed by atoms with van der Waals surface area (Å²) in [7, 11) is -3.88. The third-order valence-corrected chi connectivity index (χ3v) is 10.1. The summed E-state index contributed by atoms with van der Waals surface area (Å²) < 4.78 is 39.8. The number of nitrogens with two attached hydrogens (primary N) is 1. The number of sulfonamides is 1. The number of hydrogen-bond donors (Lipinski definition) is 4. The van der Waals surface area contributed by atoms with Gasteiger partial charge < -0.3 is 25.6 Å². The van der Waals surface area contributed by atoms with Gasteiger partial charge in [-0.1, -0.05) is 38.1 Å². The fourth-order valence-electron chi connectivity index (χ4n) is 5.99. The van der Waals surface area contributed by atoms with E-state index in [0.717, 1.165) is 16.7 Å². The number of amides is 1. The molecule has 0 unspecified atom stereocenters. The Balaban J connectivity index is 0.000000260. The first kappa shape index (κ1) is 42.6. The Kier molecular flexibility index (Phi) is 12.9. The van der Waals surface area contributed by atoms with Crippen LogP contribution in [-0.4, -0.2) is 69.2 Å². The SMILES string of the molecule is CC(C)[C@@H](NS(=O)(=O)c1ccccc1CN)C(=O)OC(C)(C)C.Cc1c(C(=O)OC(C)(C)C)ccc2c1CC[C@@H]2NC(=O)c1cc(C(=O)O)nc2ccnn12.